The third kappa shape index (κ3) is 3.17. The number of aliphatic imine (C=N–C) groups is 1. The highest BCUT2D eigenvalue weighted by Crippen LogP contribution is 2.33. The van der Waals surface area contributed by atoms with Crippen LogP contribution < -0.4 is 9.47 Å². The summed E-state index contributed by atoms with van der Waals surface area (Å²) in [6.45, 7) is 2.56. The van der Waals surface area contributed by atoms with Gasteiger partial charge in [0, 0.05) is 5.56 Å². The average molecular weight is 327 g/mol. The summed E-state index contributed by atoms with van der Waals surface area (Å²) in [4.78, 5) is 16.2. The first kappa shape index (κ1) is 15.9. The fourth-order valence-corrected chi connectivity index (χ4v) is 2.23. The minimum absolute atomic E-state index is 0.148. The van der Waals surface area contributed by atoms with Crippen molar-refractivity contribution in [3.05, 3.63) is 53.6 Å². The smallest absolute Gasteiger partial charge is 0.363 e. The first-order valence-corrected chi connectivity index (χ1v) is 7.59. The predicted octanol–water partition coefficient (Wildman–Crippen LogP) is 3.42. The number of methoxy groups -OCH3 is 1. The molecule has 1 aliphatic rings. The number of nitrogens with zero attached hydrogens (tertiary/aromatic N) is 1. The van der Waals surface area contributed by atoms with E-state index in [0.717, 1.165) is 6.42 Å². The molecule has 2 aromatic rings. The van der Waals surface area contributed by atoms with Gasteiger partial charge < -0.3 is 18.6 Å². The van der Waals surface area contributed by atoms with Gasteiger partial charge in [0.1, 0.15) is 0 Å². The Morgan fingerprint density at radius 3 is 2.83 bits per heavy atom. The van der Waals surface area contributed by atoms with Gasteiger partial charge in [-0.3, -0.25) is 0 Å². The lowest BCUT2D eigenvalue weighted by molar-refractivity contribution is -0.130. The number of carbonyl (C=O) groups excluding carboxylic acids is 1. The highest BCUT2D eigenvalue weighted by molar-refractivity contribution is 6.12. The van der Waals surface area contributed by atoms with Crippen LogP contribution >= 0.6 is 0 Å². The molecule has 0 fully saturated rings. The lowest BCUT2D eigenvalue weighted by Crippen LogP contribution is -2.04. The normalized spacial score (nSPS) is 15.3. The Bertz CT molecular complexity index is 790. The van der Waals surface area contributed by atoms with Crippen molar-refractivity contribution in [1.82, 2.24) is 0 Å². The zero-order valence-electron chi connectivity index (χ0n) is 13.4. The molecule has 1 aromatic carbocycles. The van der Waals surface area contributed by atoms with E-state index in [1.165, 1.54) is 6.26 Å². The predicted molar refractivity (Wildman–Crippen MR) is 88.1 cm³/mol. The van der Waals surface area contributed by atoms with Gasteiger partial charge in [0.15, 0.2) is 23.0 Å². The van der Waals surface area contributed by atoms with Gasteiger partial charge >= 0.3 is 5.97 Å². The number of cyclic esters (lactones) is 1. The summed E-state index contributed by atoms with van der Waals surface area (Å²) >= 11 is 0. The Morgan fingerprint density at radius 1 is 1.25 bits per heavy atom. The zero-order valence-corrected chi connectivity index (χ0v) is 13.4. The molecule has 0 bridgehead atoms. The molecule has 1 aliphatic heterocycles. The fraction of sp³-hybridized carbons (Fsp3) is 0.222. The summed E-state index contributed by atoms with van der Waals surface area (Å²) in [7, 11) is 1.57. The molecule has 2 heterocycles. The molecule has 24 heavy (non-hydrogen) atoms. The minimum Gasteiger partial charge on any atom is -0.493 e. The lowest BCUT2D eigenvalue weighted by Gasteiger charge is -2.12. The highest BCUT2D eigenvalue weighted by atomic mass is 16.6. The molecule has 0 N–H and O–H groups in total. The van der Waals surface area contributed by atoms with Crippen LogP contribution in [0.1, 0.15) is 24.7 Å². The van der Waals surface area contributed by atoms with Crippen LogP contribution in [0, 0.1) is 0 Å². The van der Waals surface area contributed by atoms with Crippen LogP contribution in [-0.4, -0.2) is 25.6 Å². The number of hydrogen-bond donors (Lipinski definition) is 0. The van der Waals surface area contributed by atoms with Gasteiger partial charge in [0.2, 0.25) is 0 Å². The molecule has 0 saturated heterocycles. The molecule has 0 amide bonds. The zero-order chi connectivity index (χ0) is 16.9. The average Bonchev–Trinajstić information content (AvgIpc) is 3.24. The van der Waals surface area contributed by atoms with Gasteiger partial charge in [-0.15, -0.1) is 0 Å². The molecule has 6 nitrogen and oxygen atoms in total. The van der Waals surface area contributed by atoms with E-state index in [0.29, 0.717) is 29.4 Å². The van der Waals surface area contributed by atoms with Gasteiger partial charge in [0.05, 0.1) is 20.0 Å². The Morgan fingerprint density at radius 2 is 2.12 bits per heavy atom. The van der Waals surface area contributed by atoms with Crippen LogP contribution in [0.3, 0.4) is 0 Å². The Hall–Kier alpha value is -3.02. The van der Waals surface area contributed by atoms with Gasteiger partial charge in [-0.25, -0.2) is 9.79 Å². The van der Waals surface area contributed by atoms with Crippen molar-refractivity contribution in [3.8, 4) is 11.5 Å². The van der Waals surface area contributed by atoms with Crippen LogP contribution in [0.2, 0.25) is 0 Å². The summed E-state index contributed by atoms with van der Waals surface area (Å²) in [5, 5.41) is 0. The second-order valence-electron chi connectivity index (χ2n) is 5.04. The molecule has 1 aromatic heterocycles. The van der Waals surface area contributed by atoms with Crippen molar-refractivity contribution in [2.75, 3.05) is 13.7 Å². The van der Waals surface area contributed by atoms with E-state index in [4.69, 9.17) is 18.6 Å². The topological polar surface area (TPSA) is 70.3 Å². The molecule has 6 heteroatoms. The van der Waals surface area contributed by atoms with E-state index in [2.05, 4.69) is 4.99 Å². The molecule has 0 unspecified atom stereocenters. The fourth-order valence-electron chi connectivity index (χ4n) is 2.23. The molecule has 0 radical (unpaired) electrons. The van der Waals surface area contributed by atoms with Gasteiger partial charge in [0.25, 0.3) is 5.90 Å². The molecule has 0 aliphatic carbocycles. The molecule has 0 spiro atoms. The number of rotatable bonds is 6. The van der Waals surface area contributed by atoms with Crippen LogP contribution in [-0.2, 0) is 9.53 Å². The van der Waals surface area contributed by atoms with Crippen molar-refractivity contribution < 1.29 is 23.4 Å². The number of ether oxygens (including phenoxy) is 3. The molecule has 0 saturated carbocycles. The van der Waals surface area contributed by atoms with Crippen LogP contribution in [0.5, 0.6) is 11.5 Å². The number of carbonyl (C=O) groups is 1. The first-order valence-electron chi connectivity index (χ1n) is 7.59. The third-order valence-corrected chi connectivity index (χ3v) is 3.32. The monoisotopic (exact) mass is 327 g/mol. The highest BCUT2D eigenvalue weighted by Gasteiger charge is 2.26. The second-order valence-corrected chi connectivity index (χ2v) is 5.04. The lowest BCUT2D eigenvalue weighted by atomic mass is 10.1. The SMILES string of the molecule is CCCOc1c(/C=C2/N=C(c3ccco3)OC2=O)cccc1OC. The summed E-state index contributed by atoms with van der Waals surface area (Å²) < 4.78 is 21.4. The van der Waals surface area contributed by atoms with E-state index in [1.807, 2.05) is 19.1 Å². The number of para-hydroxylation sites is 1. The van der Waals surface area contributed by atoms with E-state index >= 15 is 0 Å². The van der Waals surface area contributed by atoms with Crippen molar-refractivity contribution in [3.63, 3.8) is 0 Å². The largest absolute Gasteiger partial charge is 0.493 e. The van der Waals surface area contributed by atoms with Crippen LogP contribution in [0.25, 0.3) is 6.08 Å². The quantitative estimate of drug-likeness (QED) is 0.600. The summed E-state index contributed by atoms with van der Waals surface area (Å²) in [5.74, 6) is 1.18. The van der Waals surface area contributed by atoms with Crippen molar-refractivity contribution in [2.45, 2.75) is 13.3 Å². The first-order chi connectivity index (χ1) is 11.7. The number of benzene rings is 1. The maximum atomic E-state index is 12.0. The number of esters is 1. The summed E-state index contributed by atoms with van der Waals surface area (Å²) in [5.41, 5.74) is 0.871. The van der Waals surface area contributed by atoms with E-state index in [9.17, 15) is 4.79 Å². The van der Waals surface area contributed by atoms with Gasteiger partial charge in [-0.1, -0.05) is 19.1 Å². The minimum atomic E-state index is -0.536. The third-order valence-electron chi connectivity index (χ3n) is 3.32. The van der Waals surface area contributed by atoms with Crippen molar-refractivity contribution in [2.24, 2.45) is 4.99 Å². The maximum absolute atomic E-state index is 12.0. The number of hydrogen-bond acceptors (Lipinski definition) is 6. The number of furan rings is 1. The van der Waals surface area contributed by atoms with E-state index in [-0.39, 0.29) is 11.6 Å². The van der Waals surface area contributed by atoms with Crippen molar-refractivity contribution >= 4 is 17.9 Å². The van der Waals surface area contributed by atoms with Gasteiger partial charge in [-0.2, -0.15) is 0 Å². The van der Waals surface area contributed by atoms with Gasteiger partial charge in [-0.05, 0) is 30.7 Å². The Balaban J connectivity index is 1.97. The molecule has 0 atom stereocenters. The summed E-state index contributed by atoms with van der Waals surface area (Å²) in [6, 6.07) is 8.83. The van der Waals surface area contributed by atoms with Crippen molar-refractivity contribution in [1.29, 1.82) is 0 Å². The molecule has 124 valence electrons. The Labute approximate surface area is 139 Å². The molecular formula is C18H17NO5. The summed E-state index contributed by atoms with van der Waals surface area (Å²) in [6.07, 6.45) is 3.97. The van der Waals surface area contributed by atoms with Crippen LogP contribution in [0.15, 0.2) is 51.7 Å². The van der Waals surface area contributed by atoms with E-state index in [1.54, 1.807) is 31.4 Å². The molecule has 3 rings (SSSR count). The standard InChI is InChI=1S/C18H17NO5/c1-3-9-23-16-12(6-4-7-14(16)21-2)11-13-18(20)24-17(19-13)15-8-5-10-22-15/h4-8,10-11H,3,9H2,1-2H3/b13-11+. The Kier molecular flexibility index (Phi) is 4.65. The van der Waals surface area contributed by atoms with Crippen LogP contribution in [0.4, 0.5) is 0 Å². The molecular weight excluding hydrogens is 310 g/mol. The van der Waals surface area contributed by atoms with E-state index < -0.39 is 5.97 Å². The second kappa shape index (κ2) is 7.04. The maximum Gasteiger partial charge on any atom is 0.363 e.